The van der Waals surface area contributed by atoms with Crippen molar-refractivity contribution in [3.8, 4) is 0 Å². The van der Waals surface area contributed by atoms with E-state index in [2.05, 4.69) is 0 Å². The first-order valence-corrected chi connectivity index (χ1v) is 6.76. The summed E-state index contributed by atoms with van der Waals surface area (Å²) in [6, 6.07) is 4.79. The van der Waals surface area contributed by atoms with Crippen LogP contribution in [0.5, 0.6) is 0 Å². The van der Waals surface area contributed by atoms with Crippen LogP contribution >= 0.6 is 11.6 Å². The first-order chi connectivity index (χ1) is 7.47. The first-order valence-electron chi connectivity index (χ1n) is 4.84. The largest absolute Gasteiger partial charge is 0.396 e. The Morgan fingerprint density at radius 2 is 2.12 bits per heavy atom. The van der Waals surface area contributed by atoms with E-state index in [-0.39, 0.29) is 17.4 Å². The van der Waals surface area contributed by atoms with Crippen molar-refractivity contribution in [2.75, 3.05) is 6.61 Å². The van der Waals surface area contributed by atoms with Gasteiger partial charge in [0.15, 0.2) is 0 Å². The summed E-state index contributed by atoms with van der Waals surface area (Å²) in [7, 11) is -3.39. The molecule has 1 aromatic carbocycles. The van der Waals surface area contributed by atoms with E-state index >= 15 is 0 Å². The maximum absolute atomic E-state index is 11.8. The van der Waals surface area contributed by atoms with Gasteiger partial charge >= 0.3 is 0 Å². The molecule has 1 atom stereocenters. The highest BCUT2D eigenvalue weighted by Gasteiger charge is 2.30. The molecule has 0 aliphatic carbocycles. The summed E-state index contributed by atoms with van der Waals surface area (Å²) >= 11 is 6.01. The van der Waals surface area contributed by atoms with Crippen molar-refractivity contribution in [2.24, 2.45) is 5.92 Å². The molecule has 5 heteroatoms. The fraction of sp³-hybridized carbons (Fsp3) is 0.273. The maximum Gasteiger partial charge on any atom is 0.200 e. The average Bonchev–Trinajstić information content (AvgIpc) is 2.52. The van der Waals surface area contributed by atoms with Gasteiger partial charge in [-0.05, 0) is 17.7 Å². The van der Waals surface area contributed by atoms with Crippen LogP contribution in [0.1, 0.15) is 12.5 Å². The summed E-state index contributed by atoms with van der Waals surface area (Å²) in [6.07, 6.45) is 0. The maximum atomic E-state index is 11.8. The van der Waals surface area contributed by atoms with Gasteiger partial charge in [0.2, 0.25) is 9.84 Å². The molecule has 16 heavy (non-hydrogen) atoms. The van der Waals surface area contributed by atoms with E-state index in [0.717, 1.165) is 0 Å². The predicted molar refractivity (Wildman–Crippen MR) is 62.9 cm³/mol. The molecule has 0 spiro atoms. The molecule has 0 bridgehead atoms. The third-order valence-electron chi connectivity index (χ3n) is 2.66. The number of hydrogen-bond donors (Lipinski definition) is 1. The summed E-state index contributed by atoms with van der Waals surface area (Å²) in [5, 5.41) is 10.7. The van der Waals surface area contributed by atoms with Gasteiger partial charge in [0, 0.05) is 28.5 Å². The predicted octanol–water partition coefficient (Wildman–Crippen LogP) is 2.10. The Balaban J connectivity index is 2.72. The van der Waals surface area contributed by atoms with Crippen molar-refractivity contribution in [3.63, 3.8) is 0 Å². The Morgan fingerprint density at radius 1 is 1.44 bits per heavy atom. The van der Waals surface area contributed by atoms with E-state index in [1.54, 1.807) is 19.1 Å². The molecule has 1 aliphatic rings. The minimum absolute atomic E-state index is 0.105. The molecule has 1 unspecified atom stereocenters. The molecule has 0 aromatic heterocycles. The van der Waals surface area contributed by atoms with Gasteiger partial charge in [-0.1, -0.05) is 24.6 Å². The molecule has 1 N–H and O–H groups in total. The SMILES string of the molecule is CC(CO)C1=CS(=O)(=O)c2cccc(Cl)c21. The van der Waals surface area contributed by atoms with Crippen LogP contribution in [-0.4, -0.2) is 20.1 Å². The number of aliphatic hydroxyl groups excluding tert-OH is 1. The average molecular weight is 259 g/mol. The highest BCUT2D eigenvalue weighted by Crippen LogP contribution is 2.41. The third kappa shape index (κ3) is 1.67. The van der Waals surface area contributed by atoms with Gasteiger partial charge < -0.3 is 5.11 Å². The third-order valence-corrected chi connectivity index (χ3v) is 4.49. The normalized spacial score (nSPS) is 19.1. The first kappa shape index (κ1) is 11.6. The lowest BCUT2D eigenvalue weighted by Crippen LogP contribution is -2.02. The van der Waals surface area contributed by atoms with E-state index in [1.165, 1.54) is 11.5 Å². The second-order valence-electron chi connectivity index (χ2n) is 3.81. The highest BCUT2D eigenvalue weighted by molar-refractivity contribution is 7.95. The van der Waals surface area contributed by atoms with Gasteiger partial charge in [0.1, 0.15) is 0 Å². The van der Waals surface area contributed by atoms with Crippen molar-refractivity contribution in [1.29, 1.82) is 0 Å². The van der Waals surface area contributed by atoms with Gasteiger partial charge in [-0.25, -0.2) is 8.42 Å². The van der Waals surface area contributed by atoms with Gasteiger partial charge in [0.25, 0.3) is 0 Å². The lowest BCUT2D eigenvalue weighted by molar-refractivity contribution is 0.266. The Morgan fingerprint density at radius 3 is 2.75 bits per heavy atom. The molecule has 2 rings (SSSR count). The molecular formula is C11H11ClO3S. The molecule has 0 fully saturated rings. The molecule has 0 radical (unpaired) electrons. The van der Waals surface area contributed by atoms with Crippen LogP contribution in [0.4, 0.5) is 0 Å². The van der Waals surface area contributed by atoms with Crippen LogP contribution in [0.3, 0.4) is 0 Å². The van der Waals surface area contributed by atoms with Gasteiger partial charge in [-0.15, -0.1) is 0 Å². The van der Waals surface area contributed by atoms with Crippen molar-refractivity contribution in [2.45, 2.75) is 11.8 Å². The standard InChI is InChI=1S/C11H11ClO3S/c1-7(5-13)8-6-16(14,15)10-4-2-3-9(12)11(8)10/h2-4,6-7,13H,5H2,1H3. The Kier molecular flexibility index (Phi) is 2.82. The smallest absolute Gasteiger partial charge is 0.200 e. The molecular weight excluding hydrogens is 248 g/mol. The number of hydrogen-bond acceptors (Lipinski definition) is 3. The number of sulfone groups is 1. The van der Waals surface area contributed by atoms with Crippen molar-refractivity contribution in [3.05, 3.63) is 34.2 Å². The summed E-state index contributed by atoms with van der Waals surface area (Å²) < 4.78 is 23.6. The van der Waals surface area contributed by atoms with E-state index in [1.807, 2.05) is 0 Å². The number of rotatable bonds is 2. The Labute approximate surface area is 99.3 Å². The number of benzene rings is 1. The Hall–Kier alpha value is -0.840. The lowest BCUT2D eigenvalue weighted by atomic mass is 9.96. The second kappa shape index (κ2) is 3.87. The van der Waals surface area contributed by atoms with Crippen LogP contribution in [-0.2, 0) is 9.84 Å². The molecule has 86 valence electrons. The van der Waals surface area contributed by atoms with Crippen LogP contribution in [0.15, 0.2) is 28.5 Å². The van der Waals surface area contributed by atoms with Crippen molar-refractivity contribution in [1.82, 2.24) is 0 Å². The van der Waals surface area contributed by atoms with Crippen molar-refractivity contribution < 1.29 is 13.5 Å². The topological polar surface area (TPSA) is 54.4 Å². The fourth-order valence-electron chi connectivity index (χ4n) is 1.77. The van der Waals surface area contributed by atoms with E-state index < -0.39 is 9.84 Å². The van der Waals surface area contributed by atoms with Gasteiger partial charge in [0.05, 0.1) is 4.90 Å². The van der Waals surface area contributed by atoms with Crippen LogP contribution in [0.2, 0.25) is 5.02 Å². The monoisotopic (exact) mass is 258 g/mol. The number of fused-ring (bicyclic) bond motifs is 1. The second-order valence-corrected chi connectivity index (χ2v) is 5.99. The molecule has 1 heterocycles. The fourth-order valence-corrected chi connectivity index (χ4v) is 3.70. The zero-order valence-electron chi connectivity index (χ0n) is 8.64. The molecule has 3 nitrogen and oxygen atoms in total. The molecule has 0 saturated heterocycles. The minimum atomic E-state index is -3.39. The zero-order chi connectivity index (χ0) is 11.9. The summed E-state index contributed by atoms with van der Waals surface area (Å²) in [5.74, 6) is -0.240. The minimum Gasteiger partial charge on any atom is -0.396 e. The van der Waals surface area contributed by atoms with Crippen molar-refractivity contribution >= 4 is 27.0 Å². The van der Waals surface area contributed by atoms with Crippen LogP contribution in [0, 0.1) is 5.92 Å². The van der Waals surface area contributed by atoms with E-state index in [4.69, 9.17) is 16.7 Å². The number of aliphatic hydroxyl groups is 1. The van der Waals surface area contributed by atoms with Crippen LogP contribution in [0.25, 0.3) is 5.57 Å². The quantitative estimate of drug-likeness (QED) is 0.884. The van der Waals surface area contributed by atoms with E-state index in [0.29, 0.717) is 16.2 Å². The van der Waals surface area contributed by atoms with Gasteiger partial charge in [-0.2, -0.15) is 0 Å². The van der Waals surface area contributed by atoms with Gasteiger partial charge in [-0.3, -0.25) is 0 Å². The summed E-state index contributed by atoms with van der Waals surface area (Å²) in [5.41, 5.74) is 1.12. The summed E-state index contributed by atoms with van der Waals surface area (Å²) in [4.78, 5) is 0.232. The molecule has 0 saturated carbocycles. The Bertz CT molecular complexity index is 561. The molecule has 1 aromatic rings. The highest BCUT2D eigenvalue weighted by atomic mass is 35.5. The van der Waals surface area contributed by atoms with Crippen LogP contribution < -0.4 is 0 Å². The lowest BCUT2D eigenvalue weighted by Gasteiger charge is -2.11. The zero-order valence-corrected chi connectivity index (χ0v) is 10.2. The molecule has 0 amide bonds. The van der Waals surface area contributed by atoms with E-state index in [9.17, 15) is 8.42 Å². The summed E-state index contributed by atoms with van der Waals surface area (Å²) in [6.45, 7) is 1.66. The molecule has 1 aliphatic heterocycles. The number of halogens is 1.